The largest absolute Gasteiger partial charge is 0.506 e. The van der Waals surface area contributed by atoms with Crippen LogP contribution in [0.5, 0.6) is 17.2 Å². The van der Waals surface area contributed by atoms with Crippen molar-refractivity contribution < 1.29 is 23.8 Å². The zero-order valence-corrected chi connectivity index (χ0v) is 18.2. The molecular formula is C27H21FN2O4. The van der Waals surface area contributed by atoms with Crippen molar-refractivity contribution in [2.75, 3.05) is 10.6 Å². The summed E-state index contributed by atoms with van der Waals surface area (Å²) in [6.07, 6.45) is 0. The van der Waals surface area contributed by atoms with Gasteiger partial charge in [-0.25, -0.2) is 4.39 Å². The Labute approximate surface area is 195 Å². The van der Waals surface area contributed by atoms with Crippen LogP contribution >= 0.6 is 0 Å². The molecule has 0 aromatic heterocycles. The lowest BCUT2D eigenvalue weighted by Crippen LogP contribution is -2.14. The van der Waals surface area contributed by atoms with Gasteiger partial charge in [-0.05, 0) is 55.0 Å². The number of benzene rings is 4. The van der Waals surface area contributed by atoms with Gasteiger partial charge >= 0.3 is 0 Å². The fourth-order valence-electron chi connectivity index (χ4n) is 3.23. The first-order valence-electron chi connectivity index (χ1n) is 10.4. The van der Waals surface area contributed by atoms with E-state index in [1.54, 1.807) is 61.5 Å². The zero-order valence-electron chi connectivity index (χ0n) is 18.2. The summed E-state index contributed by atoms with van der Waals surface area (Å²) in [5.74, 6) is -0.928. The minimum atomic E-state index is -0.537. The topological polar surface area (TPSA) is 87.7 Å². The van der Waals surface area contributed by atoms with E-state index in [0.29, 0.717) is 16.9 Å². The molecule has 4 rings (SSSR count). The molecule has 34 heavy (non-hydrogen) atoms. The van der Waals surface area contributed by atoms with E-state index in [2.05, 4.69) is 10.6 Å². The van der Waals surface area contributed by atoms with Gasteiger partial charge in [0.15, 0.2) is 5.75 Å². The van der Waals surface area contributed by atoms with Gasteiger partial charge in [-0.2, -0.15) is 0 Å². The molecule has 0 saturated heterocycles. The van der Waals surface area contributed by atoms with Crippen LogP contribution in [0.3, 0.4) is 0 Å². The van der Waals surface area contributed by atoms with Crippen molar-refractivity contribution >= 4 is 23.2 Å². The molecule has 0 aliphatic carbocycles. The van der Waals surface area contributed by atoms with Crippen molar-refractivity contribution in [3.8, 4) is 17.2 Å². The molecule has 6 nitrogen and oxygen atoms in total. The highest BCUT2D eigenvalue weighted by molar-refractivity contribution is 6.07. The van der Waals surface area contributed by atoms with Gasteiger partial charge in [-0.15, -0.1) is 0 Å². The highest BCUT2D eigenvalue weighted by Crippen LogP contribution is 2.38. The average Bonchev–Trinajstić information content (AvgIpc) is 2.84. The molecule has 170 valence electrons. The molecule has 0 bridgehead atoms. The zero-order chi connectivity index (χ0) is 24.1. The summed E-state index contributed by atoms with van der Waals surface area (Å²) in [6, 6.07) is 24.1. The number of amides is 2. The maximum absolute atomic E-state index is 13.6. The summed E-state index contributed by atoms with van der Waals surface area (Å²) < 4.78 is 19.5. The summed E-state index contributed by atoms with van der Waals surface area (Å²) in [7, 11) is 0. The number of aromatic hydroxyl groups is 1. The Kier molecular flexibility index (Phi) is 6.54. The number of phenolic OH excluding ortho intramolecular Hbond substituents is 1. The second kappa shape index (κ2) is 9.87. The number of carbonyl (C=O) groups is 2. The van der Waals surface area contributed by atoms with Crippen LogP contribution in [0.15, 0.2) is 91.0 Å². The Morgan fingerprint density at radius 2 is 1.38 bits per heavy atom. The highest BCUT2D eigenvalue weighted by Gasteiger charge is 2.17. The second-order valence-corrected chi connectivity index (χ2v) is 7.52. The lowest BCUT2D eigenvalue weighted by atomic mass is 10.1. The third-order valence-corrected chi connectivity index (χ3v) is 5.02. The Bertz CT molecular complexity index is 1340. The molecule has 0 aliphatic heterocycles. The van der Waals surface area contributed by atoms with Crippen LogP contribution in [-0.2, 0) is 0 Å². The average molecular weight is 456 g/mol. The van der Waals surface area contributed by atoms with E-state index in [-0.39, 0.29) is 28.4 Å². The van der Waals surface area contributed by atoms with Crippen molar-refractivity contribution in [2.45, 2.75) is 6.92 Å². The Morgan fingerprint density at radius 1 is 0.765 bits per heavy atom. The van der Waals surface area contributed by atoms with E-state index in [1.165, 1.54) is 30.3 Å². The van der Waals surface area contributed by atoms with Crippen LogP contribution in [0.1, 0.15) is 26.3 Å². The quantitative estimate of drug-likeness (QED) is 0.304. The highest BCUT2D eigenvalue weighted by atomic mass is 19.1. The van der Waals surface area contributed by atoms with Gasteiger partial charge in [0.05, 0.1) is 11.4 Å². The number of hydrogen-bond acceptors (Lipinski definition) is 4. The molecule has 0 spiro atoms. The first kappa shape index (κ1) is 22.5. The molecule has 0 atom stereocenters. The summed E-state index contributed by atoms with van der Waals surface area (Å²) in [5, 5.41) is 15.9. The molecule has 0 aliphatic rings. The number of hydrogen-bond donors (Lipinski definition) is 3. The van der Waals surface area contributed by atoms with Crippen LogP contribution in [0, 0.1) is 12.7 Å². The van der Waals surface area contributed by atoms with Gasteiger partial charge in [-0.3, -0.25) is 9.59 Å². The van der Waals surface area contributed by atoms with Crippen LogP contribution in [-0.4, -0.2) is 16.9 Å². The van der Waals surface area contributed by atoms with E-state index >= 15 is 0 Å². The summed E-state index contributed by atoms with van der Waals surface area (Å²) in [4.78, 5) is 25.4. The van der Waals surface area contributed by atoms with Gasteiger partial charge in [-0.1, -0.05) is 36.4 Å². The van der Waals surface area contributed by atoms with Gasteiger partial charge in [0.1, 0.15) is 17.3 Å². The van der Waals surface area contributed by atoms with E-state index in [0.717, 1.165) is 0 Å². The third-order valence-electron chi connectivity index (χ3n) is 5.02. The van der Waals surface area contributed by atoms with Gasteiger partial charge in [0, 0.05) is 23.3 Å². The first-order valence-corrected chi connectivity index (χ1v) is 10.4. The molecule has 0 saturated carbocycles. The molecule has 3 N–H and O–H groups in total. The number of aryl methyl sites for hydroxylation is 1. The number of rotatable bonds is 6. The minimum absolute atomic E-state index is 0.0654. The van der Waals surface area contributed by atoms with Crippen molar-refractivity contribution in [1.82, 2.24) is 0 Å². The van der Waals surface area contributed by atoms with Crippen molar-refractivity contribution in [1.29, 1.82) is 0 Å². The van der Waals surface area contributed by atoms with Crippen molar-refractivity contribution in [3.63, 3.8) is 0 Å². The number of carbonyl (C=O) groups excluding carboxylic acids is 2. The molecular weight excluding hydrogens is 435 g/mol. The SMILES string of the molecule is Cc1cc(C(=O)Nc2cc(Oc3ccccc3)c(NC(=O)c3ccccc3)cc2O)ccc1F. The van der Waals surface area contributed by atoms with E-state index < -0.39 is 17.6 Å². The number of anilines is 2. The van der Waals surface area contributed by atoms with Gasteiger partial charge in [0.2, 0.25) is 0 Å². The summed E-state index contributed by atoms with van der Waals surface area (Å²) in [6.45, 7) is 1.56. The first-order chi connectivity index (χ1) is 16.4. The standard InChI is InChI=1S/C27H21FN2O4/c1-17-14-19(12-13-21(17)28)27(33)29-22-16-25(34-20-10-6-3-7-11-20)23(15-24(22)31)30-26(32)18-8-4-2-5-9-18/h2-16,31H,1H3,(H,29,33)(H,30,32). The van der Waals surface area contributed by atoms with E-state index in [1.807, 2.05) is 6.07 Å². The van der Waals surface area contributed by atoms with Crippen molar-refractivity contribution in [3.05, 3.63) is 114 Å². The minimum Gasteiger partial charge on any atom is -0.506 e. The normalized spacial score (nSPS) is 10.4. The maximum Gasteiger partial charge on any atom is 0.255 e. The summed E-state index contributed by atoms with van der Waals surface area (Å²) >= 11 is 0. The van der Waals surface area contributed by atoms with E-state index in [9.17, 15) is 19.1 Å². The molecule has 7 heteroatoms. The fraction of sp³-hybridized carbons (Fsp3) is 0.0370. The number of halogens is 1. The molecule has 4 aromatic rings. The molecule has 0 unspecified atom stereocenters. The Balaban J connectivity index is 1.66. The molecule has 0 heterocycles. The lowest BCUT2D eigenvalue weighted by molar-refractivity contribution is 0.101. The predicted octanol–water partition coefficient (Wildman–Crippen LogP) is 6.14. The fourth-order valence-corrected chi connectivity index (χ4v) is 3.23. The van der Waals surface area contributed by atoms with Crippen LogP contribution in [0.4, 0.5) is 15.8 Å². The molecule has 0 fully saturated rings. The number of phenols is 1. The third kappa shape index (κ3) is 5.21. The second-order valence-electron chi connectivity index (χ2n) is 7.52. The number of para-hydroxylation sites is 1. The molecule has 0 radical (unpaired) electrons. The Morgan fingerprint density at radius 3 is 2.06 bits per heavy atom. The predicted molar refractivity (Wildman–Crippen MR) is 128 cm³/mol. The summed E-state index contributed by atoms with van der Waals surface area (Å²) in [5.41, 5.74) is 1.26. The van der Waals surface area contributed by atoms with Crippen LogP contribution < -0.4 is 15.4 Å². The van der Waals surface area contributed by atoms with E-state index in [4.69, 9.17) is 4.74 Å². The van der Waals surface area contributed by atoms with Crippen LogP contribution in [0.25, 0.3) is 0 Å². The van der Waals surface area contributed by atoms with Gasteiger partial charge < -0.3 is 20.5 Å². The molecule has 4 aromatic carbocycles. The molecule has 2 amide bonds. The monoisotopic (exact) mass is 456 g/mol. The Hall–Kier alpha value is -4.65. The number of ether oxygens (including phenoxy) is 1. The maximum atomic E-state index is 13.6. The number of nitrogens with one attached hydrogen (secondary N) is 2. The van der Waals surface area contributed by atoms with Crippen LogP contribution in [0.2, 0.25) is 0 Å². The smallest absolute Gasteiger partial charge is 0.255 e. The van der Waals surface area contributed by atoms with Gasteiger partial charge in [0.25, 0.3) is 11.8 Å². The lowest BCUT2D eigenvalue weighted by Gasteiger charge is -2.16. The van der Waals surface area contributed by atoms with Crippen molar-refractivity contribution in [2.24, 2.45) is 0 Å².